The summed E-state index contributed by atoms with van der Waals surface area (Å²) in [4.78, 5) is 72.1. The molecule has 13 nitrogen and oxygen atoms in total. The van der Waals surface area contributed by atoms with Gasteiger partial charge in [-0.2, -0.15) is 0 Å². The van der Waals surface area contributed by atoms with Crippen molar-refractivity contribution in [2.75, 3.05) is 11.5 Å². The molecule has 0 bridgehead atoms. The highest BCUT2D eigenvalue weighted by Gasteiger charge is 2.55. The summed E-state index contributed by atoms with van der Waals surface area (Å²) in [7, 11) is 0. The predicted octanol–water partition coefficient (Wildman–Crippen LogP) is 7.21. The Hall–Kier alpha value is -6.58. The number of hydrogen-bond donors (Lipinski definition) is 2. The van der Waals surface area contributed by atoms with Crippen molar-refractivity contribution in [3.63, 3.8) is 0 Å². The van der Waals surface area contributed by atoms with Gasteiger partial charge in [0.2, 0.25) is 11.9 Å². The van der Waals surface area contributed by atoms with Gasteiger partial charge in [0, 0.05) is 47.1 Å². The minimum Gasteiger partial charge on any atom is -0.425 e. The number of esters is 2. The van der Waals surface area contributed by atoms with Crippen LogP contribution in [0.4, 0.5) is 5.13 Å². The maximum absolute atomic E-state index is 14.5. The average Bonchev–Trinajstić information content (AvgIpc) is 3.75. The van der Waals surface area contributed by atoms with Gasteiger partial charge in [0.15, 0.2) is 10.8 Å². The van der Waals surface area contributed by atoms with E-state index < -0.39 is 47.1 Å². The van der Waals surface area contributed by atoms with Crippen LogP contribution in [0.5, 0.6) is 0 Å². The molecule has 8 rings (SSSR count). The molecule has 316 valence electrons. The van der Waals surface area contributed by atoms with Crippen molar-refractivity contribution >= 4 is 63.8 Å². The van der Waals surface area contributed by atoms with Gasteiger partial charge in [-0.1, -0.05) is 134 Å². The molecule has 0 radical (unpaired) electrons. The zero-order valence-corrected chi connectivity index (χ0v) is 35.4. The summed E-state index contributed by atoms with van der Waals surface area (Å²) in [5, 5.41) is 8.53. The second-order valence-electron chi connectivity index (χ2n) is 15.0. The van der Waals surface area contributed by atoms with Gasteiger partial charge >= 0.3 is 11.9 Å². The molecule has 15 heteroatoms. The van der Waals surface area contributed by atoms with E-state index in [9.17, 15) is 19.2 Å². The SMILES string of the molecule is CC(OC(=O)C1=C(/C=C\c2cccnc2)CS[C@@H]2[C@H](NC(=O)/C(=N/OC(c3ccccc3)(c3ccccc3)c3ccccc3)c3csc(N)n3)C(=O)N12)OC(=O)C1CCCCC1. The molecule has 1 saturated carbocycles. The van der Waals surface area contributed by atoms with Gasteiger partial charge in [0.25, 0.3) is 11.8 Å². The number of nitrogens with zero attached hydrogens (tertiary/aromatic N) is 4. The number of benzene rings is 3. The number of ether oxygens (including phenoxy) is 2. The van der Waals surface area contributed by atoms with E-state index in [-0.39, 0.29) is 28.2 Å². The number of anilines is 1. The number of rotatable bonds is 14. The van der Waals surface area contributed by atoms with Crippen LogP contribution in [-0.2, 0) is 39.1 Å². The van der Waals surface area contributed by atoms with E-state index in [0.717, 1.165) is 65.7 Å². The number of oxime groups is 1. The third-order valence-corrected chi connectivity index (χ3v) is 12.9. The predicted molar refractivity (Wildman–Crippen MR) is 237 cm³/mol. The molecule has 2 amide bonds. The van der Waals surface area contributed by atoms with Crippen molar-refractivity contribution in [2.45, 2.75) is 62.3 Å². The zero-order chi connectivity index (χ0) is 43.1. The number of nitrogens with two attached hydrogens (primary N) is 1. The Morgan fingerprint density at radius 2 is 1.53 bits per heavy atom. The molecule has 3 aromatic carbocycles. The fraction of sp³-hybridized carbons (Fsp3) is 0.255. The normalized spacial score (nSPS) is 18.7. The van der Waals surface area contributed by atoms with Crippen molar-refractivity contribution in [3.05, 3.63) is 166 Å². The van der Waals surface area contributed by atoms with Crippen LogP contribution in [0.3, 0.4) is 0 Å². The lowest BCUT2D eigenvalue weighted by atomic mass is 9.80. The number of carbonyl (C=O) groups is 4. The van der Waals surface area contributed by atoms with E-state index in [0.29, 0.717) is 11.3 Å². The van der Waals surface area contributed by atoms with Gasteiger partial charge in [-0.05, 0) is 30.0 Å². The first kappa shape index (κ1) is 42.1. The first-order valence-corrected chi connectivity index (χ1v) is 22.3. The Kier molecular flexibility index (Phi) is 12.9. The lowest BCUT2D eigenvalue weighted by molar-refractivity contribution is -0.187. The molecule has 3 atom stereocenters. The number of pyridine rings is 1. The summed E-state index contributed by atoms with van der Waals surface area (Å²) in [5.74, 6) is -2.49. The second-order valence-corrected chi connectivity index (χ2v) is 17.0. The molecule has 3 N–H and O–H groups in total. The molecule has 1 saturated heterocycles. The van der Waals surface area contributed by atoms with E-state index in [1.54, 1.807) is 36.0 Å². The van der Waals surface area contributed by atoms with Crippen molar-refractivity contribution in [3.8, 4) is 0 Å². The molecular formula is C47H44N6O7S2. The third-order valence-electron chi connectivity index (χ3n) is 10.9. The van der Waals surface area contributed by atoms with Crippen LogP contribution in [0.25, 0.3) is 6.08 Å². The fourth-order valence-electron chi connectivity index (χ4n) is 7.86. The Labute approximate surface area is 367 Å². The van der Waals surface area contributed by atoms with Crippen LogP contribution in [0.15, 0.2) is 143 Å². The van der Waals surface area contributed by atoms with E-state index in [2.05, 4.69) is 20.4 Å². The number of nitrogens with one attached hydrogen (secondary N) is 1. The topological polar surface area (TPSA) is 175 Å². The Morgan fingerprint density at radius 1 is 0.887 bits per heavy atom. The highest BCUT2D eigenvalue weighted by Crippen LogP contribution is 2.43. The molecule has 1 unspecified atom stereocenters. The highest BCUT2D eigenvalue weighted by atomic mass is 32.2. The standard InChI is InChI=1S/C47H44N6O7S2/c1-30(58-44(56)32-16-6-2-7-17-32)59-45(57)40-33(25-24-31-15-14-26-49-27-31)28-61-43-39(42(55)53(40)43)51-41(54)38(37-29-62-46(48)50-37)52-60-47(34-18-8-3-9-19-34,35-20-10-4-11-21-35)36-22-12-5-13-23-36/h3-5,8-15,18-27,29-30,32,39,43H,2,6-7,16-17,28H2,1H3,(H2,48,50)(H,51,54)/b25-24-,52-38+/t30?,39-,43-/m1/s1. The van der Waals surface area contributed by atoms with Crippen molar-refractivity contribution < 1.29 is 33.5 Å². The first-order valence-electron chi connectivity index (χ1n) is 20.4. The number of carbonyl (C=O) groups excluding carboxylic acids is 4. The quantitative estimate of drug-likeness (QED) is 0.0288. The summed E-state index contributed by atoms with van der Waals surface area (Å²) in [5.41, 5.74) is 8.22. The summed E-state index contributed by atoms with van der Waals surface area (Å²) in [6.07, 6.45) is 10.1. The maximum Gasteiger partial charge on any atom is 0.358 e. The number of β-lactam (4-membered cyclic amide) rings is 1. The van der Waals surface area contributed by atoms with Gasteiger partial charge < -0.3 is 25.4 Å². The Morgan fingerprint density at radius 3 is 2.11 bits per heavy atom. The van der Waals surface area contributed by atoms with Crippen LogP contribution in [0.1, 0.15) is 67.0 Å². The number of thioether (sulfide) groups is 1. The number of allylic oxidation sites excluding steroid dienone is 1. The van der Waals surface area contributed by atoms with Crippen LogP contribution in [0, 0.1) is 5.92 Å². The van der Waals surface area contributed by atoms with Crippen molar-refractivity contribution in [2.24, 2.45) is 11.1 Å². The Bertz CT molecular complexity index is 2400. The second kappa shape index (κ2) is 19.0. The summed E-state index contributed by atoms with van der Waals surface area (Å²) in [6.45, 7) is 1.48. The highest BCUT2D eigenvalue weighted by molar-refractivity contribution is 8.00. The van der Waals surface area contributed by atoms with E-state index in [1.807, 2.05) is 97.1 Å². The molecule has 3 aliphatic rings. The minimum absolute atomic E-state index is 0.00665. The minimum atomic E-state index is -1.32. The number of aromatic nitrogens is 2. The van der Waals surface area contributed by atoms with Crippen LogP contribution in [-0.4, -0.2) is 67.8 Å². The molecule has 2 fully saturated rings. The monoisotopic (exact) mass is 868 g/mol. The summed E-state index contributed by atoms with van der Waals surface area (Å²) < 4.78 is 11.3. The zero-order valence-electron chi connectivity index (χ0n) is 33.8. The number of fused-ring (bicyclic) bond motifs is 1. The van der Waals surface area contributed by atoms with Gasteiger partial charge in [-0.3, -0.25) is 24.3 Å². The summed E-state index contributed by atoms with van der Waals surface area (Å²) >= 11 is 2.49. The lowest BCUT2D eigenvalue weighted by Gasteiger charge is -2.49. The maximum atomic E-state index is 14.5. The van der Waals surface area contributed by atoms with Crippen LogP contribution in [0.2, 0.25) is 0 Å². The van der Waals surface area contributed by atoms with Gasteiger partial charge in [-0.25, -0.2) is 9.78 Å². The summed E-state index contributed by atoms with van der Waals surface area (Å²) in [6, 6.07) is 31.2. The molecule has 2 aliphatic heterocycles. The van der Waals surface area contributed by atoms with Gasteiger partial charge in [0.05, 0.1) is 5.92 Å². The fourth-order valence-corrected chi connectivity index (χ4v) is 9.73. The molecule has 5 aromatic rings. The molecular weight excluding hydrogens is 825 g/mol. The van der Waals surface area contributed by atoms with E-state index >= 15 is 0 Å². The lowest BCUT2D eigenvalue weighted by Crippen LogP contribution is -2.71. The van der Waals surface area contributed by atoms with E-state index in [1.165, 1.54) is 23.6 Å². The van der Waals surface area contributed by atoms with Crippen molar-refractivity contribution in [1.29, 1.82) is 0 Å². The van der Waals surface area contributed by atoms with Crippen LogP contribution >= 0.6 is 23.1 Å². The number of hydrogen-bond acceptors (Lipinski definition) is 13. The largest absolute Gasteiger partial charge is 0.425 e. The first-order chi connectivity index (χ1) is 30.2. The molecule has 4 heterocycles. The van der Waals surface area contributed by atoms with Gasteiger partial charge in [-0.15, -0.1) is 23.1 Å². The molecule has 1 aliphatic carbocycles. The third kappa shape index (κ3) is 8.90. The van der Waals surface area contributed by atoms with Crippen molar-refractivity contribution in [1.82, 2.24) is 20.2 Å². The molecule has 62 heavy (non-hydrogen) atoms. The number of nitrogen functional groups attached to an aromatic ring is 1. The van der Waals surface area contributed by atoms with Crippen LogP contribution < -0.4 is 11.1 Å². The van der Waals surface area contributed by atoms with Gasteiger partial charge in [0.1, 0.15) is 22.8 Å². The Balaban J connectivity index is 1.08. The molecule has 2 aromatic heterocycles. The average molecular weight is 869 g/mol. The number of thiazole rings is 1. The number of amides is 2. The smallest absolute Gasteiger partial charge is 0.358 e. The van der Waals surface area contributed by atoms with E-state index in [4.69, 9.17) is 20.0 Å². The molecule has 0 spiro atoms.